The molecule has 2 saturated heterocycles. The third kappa shape index (κ3) is 11.7. The van der Waals surface area contributed by atoms with Gasteiger partial charge in [-0.15, -0.1) is 0 Å². The van der Waals surface area contributed by atoms with Crippen molar-refractivity contribution in [3.63, 3.8) is 0 Å². The fourth-order valence-corrected chi connectivity index (χ4v) is 6.26. The lowest BCUT2D eigenvalue weighted by atomic mass is 9.88. The van der Waals surface area contributed by atoms with E-state index in [0.29, 0.717) is 44.6 Å². The topological polar surface area (TPSA) is 167 Å². The Morgan fingerprint density at radius 1 is 1.26 bits per heavy atom. The van der Waals surface area contributed by atoms with Gasteiger partial charge in [0, 0.05) is 51.4 Å². The van der Waals surface area contributed by atoms with Crippen LogP contribution >= 0.6 is 0 Å². The number of nitrogens with one attached hydrogen (secondary N) is 1. The van der Waals surface area contributed by atoms with Crippen LogP contribution in [-0.4, -0.2) is 112 Å². The molecule has 3 heterocycles. The zero-order valence-electron chi connectivity index (χ0n) is 29.0. The Morgan fingerprint density at radius 2 is 1.94 bits per heavy atom. The van der Waals surface area contributed by atoms with Crippen molar-refractivity contribution in [1.82, 2.24) is 10.2 Å². The molecule has 0 radical (unpaired) electrons. The number of carbonyl (C=O) groups excluding carboxylic acids is 3. The van der Waals surface area contributed by atoms with Crippen LogP contribution in [-0.2, 0) is 28.5 Å². The molecule has 10 atom stereocenters. The summed E-state index contributed by atoms with van der Waals surface area (Å²) < 4.78 is 23.3. The number of cyclic esters (lactones) is 1. The molecule has 3 aliphatic rings. The Labute approximate surface area is 279 Å². The van der Waals surface area contributed by atoms with E-state index in [1.165, 1.54) is 6.92 Å². The minimum Gasteiger partial charge on any atom is -0.457 e. The zero-order chi connectivity index (χ0) is 34.9. The number of epoxide rings is 1. The van der Waals surface area contributed by atoms with E-state index >= 15 is 0 Å². The van der Waals surface area contributed by atoms with Crippen LogP contribution in [0.25, 0.3) is 0 Å². The van der Waals surface area contributed by atoms with E-state index in [1.807, 2.05) is 27.7 Å². The van der Waals surface area contributed by atoms with Crippen molar-refractivity contribution in [2.45, 2.75) is 128 Å². The van der Waals surface area contributed by atoms with E-state index < -0.39 is 59.6 Å². The average Bonchev–Trinajstić information content (AvgIpc) is 3.77. The Hall–Kier alpha value is -2.77. The monoisotopic (exact) mass is 664 g/mol. The predicted octanol–water partition coefficient (Wildman–Crippen LogP) is 3.19. The van der Waals surface area contributed by atoms with Crippen molar-refractivity contribution < 1.29 is 48.7 Å². The maximum atomic E-state index is 13.2. The van der Waals surface area contributed by atoms with Gasteiger partial charge in [0.2, 0.25) is 0 Å². The Morgan fingerprint density at radius 3 is 2.57 bits per heavy atom. The summed E-state index contributed by atoms with van der Waals surface area (Å²) in [6, 6.07) is 0. The number of piperazine rings is 1. The van der Waals surface area contributed by atoms with Crippen LogP contribution < -0.4 is 5.32 Å². The number of aliphatic hydroxyl groups excluding tert-OH is 2. The van der Waals surface area contributed by atoms with Crippen LogP contribution in [0.1, 0.15) is 80.6 Å². The molecule has 0 bridgehead atoms. The number of amides is 1. The molecule has 6 unspecified atom stereocenters. The highest BCUT2D eigenvalue weighted by Gasteiger charge is 2.47. The van der Waals surface area contributed by atoms with E-state index in [-0.39, 0.29) is 37.4 Å². The molecular weight excluding hydrogens is 608 g/mol. The highest BCUT2D eigenvalue weighted by Crippen LogP contribution is 2.37. The maximum Gasteiger partial charge on any atom is 0.410 e. The van der Waals surface area contributed by atoms with Crippen LogP contribution in [0.15, 0.2) is 36.0 Å². The molecular formula is C35H56N2O10. The fourth-order valence-electron chi connectivity index (χ4n) is 6.26. The van der Waals surface area contributed by atoms with Crippen molar-refractivity contribution in [2.75, 3.05) is 26.2 Å². The molecule has 0 aromatic carbocycles. The minimum atomic E-state index is -1.30. The summed E-state index contributed by atoms with van der Waals surface area (Å²) in [5.41, 5.74) is -1.79. The summed E-state index contributed by atoms with van der Waals surface area (Å²) in [6.45, 7) is 14.4. The second-order valence-corrected chi connectivity index (χ2v) is 13.8. The lowest BCUT2D eigenvalue weighted by Crippen LogP contribution is -2.51. The van der Waals surface area contributed by atoms with Crippen molar-refractivity contribution in [2.24, 2.45) is 11.8 Å². The summed E-state index contributed by atoms with van der Waals surface area (Å²) in [6.07, 6.45) is 5.54. The van der Waals surface area contributed by atoms with Gasteiger partial charge in [-0.25, -0.2) is 4.79 Å². The predicted molar refractivity (Wildman–Crippen MR) is 175 cm³/mol. The minimum absolute atomic E-state index is 0.0205. The summed E-state index contributed by atoms with van der Waals surface area (Å²) in [4.78, 5) is 39.9. The normalized spacial score (nSPS) is 33.5. The van der Waals surface area contributed by atoms with E-state index in [4.69, 9.17) is 18.9 Å². The molecule has 12 heteroatoms. The average molecular weight is 665 g/mol. The molecule has 3 rings (SSSR count). The quantitative estimate of drug-likeness (QED) is 0.0891. The van der Waals surface area contributed by atoms with Crippen molar-refractivity contribution in [1.29, 1.82) is 0 Å². The molecule has 0 aromatic rings. The fraction of sp³-hybridized carbons (Fsp3) is 0.743. The molecule has 2 fully saturated rings. The van der Waals surface area contributed by atoms with Gasteiger partial charge in [-0.3, -0.25) is 9.59 Å². The molecule has 0 aromatic heterocycles. The van der Waals surface area contributed by atoms with Crippen LogP contribution in [0.5, 0.6) is 0 Å². The van der Waals surface area contributed by atoms with Gasteiger partial charge in [0.05, 0.1) is 36.4 Å². The number of esters is 2. The van der Waals surface area contributed by atoms with Gasteiger partial charge in [0.1, 0.15) is 11.7 Å². The van der Waals surface area contributed by atoms with Gasteiger partial charge in [-0.05, 0) is 51.7 Å². The third-order valence-corrected chi connectivity index (χ3v) is 9.33. The standard InChI is InChI=1S/C35H56N2O10/c1-8-27(40)24(4)32-28(44-32)21-34(6,43)14-9-10-22(2)31-23(3)11-12-29(45-33(42)37-18-16-36-17-19-37)35(7,47-25(5)38)15-13-26(39)20-30(41)46-31/h9-12,14,23-24,26-29,31-32,36,39-40,43H,8,13,15-21H2,1-7H3/b12-11?,14-9+,22-10+/t23?,24-,26?,27+,28+,29?,31?,32+,34?,35?/m1/s1. The van der Waals surface area contributed by atoms with Crippen molar-refractivity contribution >= 4 is 18.0 Å². The molecule has 1 amide bonds. The largest absolute Gasteiger partial charge is 0.457 e. The Bertz CT molecular complexity index is 1160. The lowest BCUT2D eigenvalue weighted by molar-refractivity contribution is -0.168. The van der Waals surface area contributed by atoms with Crippen LogP contribution in [0.3, 0.4) is 0 Å². The number of rotatable bonds is 10. The van der Waals surface area contributed by atoms with E-state index in [0.717, 1.165) is 0 Å². The van der Waals surface area contributed by atoms with Gasteiger partial charge >= 0.3 is 18.0 Å². The first kappa shape index (κ1) is 38.7. The molecule has 0 spiro atoms. The molecule has 266 valence electrons. The first-order valence-corrected chi connectivity index (χ1v) is 16.9. The van der Waals surface area contributed by atoms with Gasteiger partial charge in [0.25, 0.3) is 0 Å². The number of hydrogen-bond acceptors (Lipinski definition) is 11. The van der Waals surface area contributed by atoms with Crippen LogP contribution in [0.4, 0.5) is 4.79 Å². The first-order valence-electron chi connectivity index (χ1n) is 16.9. The molecule has 3 aliphatic heterocycles. The number of carbonyl (C=O) groups is 3. The second-order valence-electron chi connectivity index (χ2n) is 13.8. The van der Waals surface area contributed by atoms with Gasteiger partial charge in [-0.2, -0.15) is 0 Å². The smallest absolute Gasteiger partial charge is 0.410 e. The van der Waals surface area contributed by atoms with Crippen molar-refractivity contribution in [3.05, 3.63) is 36.0 Å². The summed E-state index contributed by atoms with van der Waals surface area (Å²) in [7, 11) is 0. The summed E-state index contributed by atoms with van der Waals surface area (Å²) >= 11 is 0. The number of hydrogen-bond donors (Lipinski definition) is 4. The van der Waals surface area contributed by atoms with Gasteiger partial charge in [0.15, 0.2) is 6.10 Å². The second kappa shape index (κ2) is 17.1. The lowest BCUT2D eigenvalue weighted by Gasteiger charge is -2.37. The van der Waals surface area contributed by atoms with Gasteiger partial charge < -0.3 is 44.5 Å². The summed E-state index contributed by atoms with van der Waals surface area (Å²) in [5, 5.41) is 35.1. The molecule has 12 nitrogen and oxygen atoms in total. The zero-order valence-corrected chi connectivity index (χ0v) is 29.0. The molecule has 0 saturated carbocycles. The number of ether oxygens (including phenoxy) is 4. The van der Waals surface area contributed by atoms with Gasteiger partial charge in [-0.1, -0.05) is 45.1 Å². The van der Waals surface area contributed by atoms with Crippen LogP contribution in [0.2, 0.25) is 0 Å². The Kier molecular flexibility index (Phi) is 14.0. The number of aliphatic hydroxyl groups is 3. The van der Waals surface area contributed by atoms with E-state index in [9.17, 15) is 29.7 Å². The first-order chi connectivity index (χ1) is 22.0. The molecule has 0 aliphatic carbocycles. The summed E-state index contributed by atoms with van der Waals surface area (Å²) in [5.74, 6) is -1.57. The SMILES string of the molecule is CC[C@H](O)[C@@H](C)[C@@H]1O[C@H]1CC(C)(O)/C=C/C=C(\C)C1OC(=O)CC(O)CCC(C)(OC(C)=O)C(OC(=O)N2CCNCC2)C=CC1C. The Balaban J connectivity index is 1.82. The number of allylic oxidation sites excluding steroid dienone is 2. The maximum absolute atomic E-state index is 13.2. The van der Waals surface area contributed by atoms with Crippen LogP contribution in [0, 0.1) is 11.8 Å². The van der Waals surface area contributed by atoms with E-state index in [1.54, 1.807) is 49.1 Å². The van der Waals surface area contributed by atoms with Crippen molar-refractivity contribution in [3.8, 4) is 0 Å². The third-order valence-electron chi connectivity index (χ3n) is 9.33. The van der Waals surface area contributed by atoms with E-state index in [2.05, 4.69) is 5.32 Å². The molecule has 4 N–H and O–H groups in total. The highest BCUT2D eigenvalue weighted by atomic mass is 16.6. The number of nitrogens with zero attached hydrogens (tertiary/aromatic N) is 1. The highest BCUT2D eigenvalue weighted by molar-refractivity contribution is 5.71. The molecule has 47 heavy (non-hydrogen) atoms.